The molecule has 2 unspecified atom stereocenters. The summed E-state index contributed by atoms with van der Waals surface area (Å²) >= 11 is 0. The van der Waals surface area contributed by atoms with Gasteiger partial charge in [0.15, 0.2) is 0 Å². The van der Waals surface area contributed by atoms with Crippen LogP contribution >= 0.6 is 0 Å². The molecule has 0 amide bonds. The molecule has 1 rings (SSSR count). The molecule has 0 bridgehead atoms. The van der Waals surface area contributed by atoms with Crippen molar-refractivity contribution in [2.24, 2.45) is 11.7 Å². The van der Waals surface area contributed by atoms with Crippen molar-refractivity contribution in [1.29, 1.82) is 0 Å². The van der Waals surface area contributed by atoms with E-state index in [2.05, 4.69) is 26.0 Å². The molecule has 0 aromatic heterocycles. The number of rotatable bonds is 5. The maximum atomic E-state index is 6.17. The van der Waals surface area contributed by atoms with Crippen LogP contribution in [0.5, 0.6) is 0 Å². The summed E-state index contributed by atoms with van der Waals surface area (Å²) in [5, 5.41) is 0. The molecule has 2 nitrogen and oxygen atoms in total. The van der Waals surface area contributed by atoms with Gasteiger partial charge in [-0.3, -0.25) is 0 Å². The number of benzene rings is 1. The lowest BCUT2D eigenvalue weighted by Gasteiger charge is -2.18. The number of hydrogen-bond acceptors (Lipinski definition) is 2. The summed E-state index contributed by atoms with van der Waals surface area (Å²) in [5.74, 6) is 0.504. The van der Waals surface area contributed by atoms with Gasteiger partial charge in [-0.25, -0.2) is 0 Å². The molecule has 1 aromatic rings. The van der Waals surface area contributed by atoms with E-state index >= 15 is 0 Å². The summed E-state index contributed by atoms with van der Waals surface area (Å²) < 4.78 is 5.12. The van der Waals surface area contributed by atoms with Gasteiger partial charge in [0.25, 0.3) is 0 Å². The molecular weight excluding hydrogens is 186 g/mol. The highest BCUT2D eigenvalue weighted by Gasteiger charge is 2.12. The Hall–Kier alpha value is -0.860. The van der Waals surface area contributed by atoms with Crippen molar-refractivity contribution >= 4 is 0 Å². The minimum atomic E-state index is 0.122. The third kappa shape index (κ3) is 3.65. The first-order valence-corrected chi connectivity index (χ1v) is 5.45. The van der Waals surface area contributed by atoms with Crippen molar-refractivity contribution in [2.45, 2.75) is 26.3 Å². The topological polar surface area (TPSA) is 35.2 Å². The predicted molar refractivity (Wildman–Crippen MR) is 63.8 cm³/mol. The Morgan fingerprint density at radius 2 is 2.00 bits per heavy atom. The van der Waals surface area contributed by atoms with Gasteiger partial charge in [-0.1, -0.05) is 31.2 Å². The fourth-order valence-corrected chi connectivity index (χ4v) is 1.92. The molecule has 0 saturated carbocycles. The van der Waals surface area contributed by atoms with E-state index in [9.17, 15) is 0 Å². The molecule has 0 aliphatic rings. The standard InChI is InChI=1S/C13H21NO/c1-10(9-15-3)8-13(14)12-7-5-4-6-11(12)2/h4-7,10,13H,8-9,14H2,1-3H3. The lowest BCUT2D eigenvalue weighted by molar-refractivity contribution is 0.152. The smallest absolute Gasteiger partial charge is 0.0488 e. The first-order chi connectivity index (χ1) is 7.15. The second-order valence-corrected chi connectivity index (χ2v) is 4.26. The van der Waals surface area contributed by atoms with Crippen molar-refractivity contribution in [1.82, 2.24) is 0 Å². The van der Waals surface area contributed by atoms with E-state index in [4.69, 9.17) is 10.5 Å². The fraction of sp³-hybridized carbons (Fsp3) is 0.538. The molecule has 0 radical (unpaired) electrons. The number of methoxy groups -OCH3 is 1. The maximum Gasteiger partial charge on any atom is 0.0488 e. The van der Waals surface area contributed by atoms with Crippen LogP contribution in [-0.4, -0.2) is 13.7 Å². The van der Waals surface area contributed by atoms with E-state index in [0.29, 0.717) is 5.92 Å². The Balaban J connectivity index is 2.61. The zero-order chi connectivity index (χ0) is 11.3. The highest BCUT2D eigenvalue weighted by Crippen LogP contribution is 2.21. The van der Waals surface area contributed by atoms with Gasteiger partial charge >= 0.3 is 0 Å². The van der Waals surface area contributed by atoms with Crippen molar-refractivity contribution in [3.8, 4) is 0 Å². The molecule has 2 atom stereocenters. The summed E-state index contributed by atoms with van der Waals surface area (Å²) in [4.78, 5) is 0. The summed E-state index contributed by atoms with van der Waals surface area (Å²) in [6.45, 7) is 5.05. The third-order valence-corrected chi connectivity index (χ3v) is 2.70. The molecular formula is C13H21NO. The number of ether oxygens (including phenoxy) is 1. The molecule has 2 N–H and O–H groups in total. The van der Waals surface area contributed by atoms with E-state index in [1.54, 1.807) is 7.11 Å². The lowest BCUT2D eigenvalue weighted by Crippen LogP contribution is -2.17. The van der Waals surface area contributed by atoms with Crippen LogP contribution in [0.1, 0.15) is 30.5 Å². The van der Waals surface area contributed by atoms with Crippen LogP contribution in [0.2, 0.25) is 0 Å². The molecule has 15 heavy (non-hydrogen) atoms. The molecule has 0 fully saturated rings. The monoisotopic (exact) mass is 207 g/mol. The summed E-state index contributed by atoms with van der Waals surface area (Å²) in [7, 11) is 1.73. The molecule has 0 aliphatic heterocycles. The first-order valence-electron chi connectivity index (χ1n) is 5.45. The molecule has 2 heteroatoms. The second-order valence-electron chi connectivity index (χ2n) is 4.26. The van der Waals surface area contributed by atoms with Crippen LogP contribution < -0.4 is 5.73 Å². The Kier molecular flexibility index (Phi) is 4.79. The molecule has 0 aliphatic carbocycles. The van der Waals surface area contributed by atoms with Gasteiger partial charge in [0.1, 0.15) is 0 Å². The summed E-state index contributed by atoms with van der Waals surface area (Å²) in [6, 6.07) is 8.43. The van der Waals surface area contributed by atoms with Gasteiger partial charge in [-0.05, 0) is 30.4 Å². The minimum Gasteiger partial charge on any atom is -0.384 e. The first kappa shape index (κ1) is 12.2. The zero-order valence-corrected chi connectivity index (χ0v) is 9.86. The molecule has 0 heterocycles. The number of aryl methyl sites for hydroxylation is 1. The van der Waals surface area contributed by atoms with Crippen LogP contribution in [-0.2, 0) is 4.74 Å². The second kappa shape index (κ2) is 5.89. The fourth-order valence-electron chi connectivity index (χ4n) is 1.92. The Labute approximate surface area is 92.4 Å². The van der Waals surface area contributed by atoms with E-state index in [1.165, 1.54) is 11.1 Å². The van der Waals surface area contributed by atoms with Crippen LogP contribution in [0.3, 0.4) is 0 Å². The van der Waals surface area contributed by atoms with E-state index < -0.39 is 0 Å². The summed E-state index contributed by atoms with van der Waals surface area (Å²) in [6.07, 6.45) is 0.971. The van der Waals surface area contributed by atoms with Crippen molar-refractivity contribution < 1.29 is 4.74 Å². The Bertz CT molecular complexity index is 298. The van der Waals surface area contributed by atoms with E-state index in [1.807, 2.05) is 12.1 Å². The van der Waals surface area contributed by atoms with Crippen molar-refractivity contribution in [3.05, 3.63) is 35.4 Å². The Morgan fingerprint density at radius 3 is 2.60 bits per heavy atom. The van der Waals surface area contributed by atoms with Crippen molar-refractivity contribution in [2.75, 3.05) is 13.7 Å². The molecule has 1 aromatic carbocycles. The number of hydrogen-bond donors (Lipinski definition) is 1. The molecule has 0 spiro atoms. The molecule has 0 saturated heterocycles. The van der Waals surface area contributed by atoms with Crippen LogP contribution in [0.4, 0.5) is 0 Å². The van der Waals surface area contributed by atoms with E-state index in [-0.39, 0.29) is 6.04 Å². The van der Waals surface area contributed by atoms with Gasteiger partial charge in [0.2, 0.25) is 0 Å². The van der Waals surface area contributed by atoms with Crippen LogP contribution in [0.25, 0.3) is 0 Å². The molecule has 84 valence electrons. The SMILES string of the molecule is COCC(C)CC(N)c1ccccc1C. The average Bonchev–Trinajstić information content (AvgIpc) is 2.18. The number of nitrogens with two attached hydrogens (primary N) is 1. The summed E-state index contributed by atoms with van der Waals surface area (Å²) in [5.41, 5.74) is 8.69. The van der Waals surface area contributed by atoms with Gasteiger partial charge < -0.3 is 10.5 Å². The van der Waals surface area contributed by atoms with Gasteiger partial charge in [0.05, 0.1) is 0 Å². The average molecular weight is 207 g/mol. The third-order valence-electron chi connectivity index (χ3n) is 2.70. The van der Waals surface area contributed by atoms with Crippen molar-refractivity contribution in [3.63, 3.8) is 0 Å². The zero-order valence-electron chi connectivity index (χ0n) is 9.86. The maximum absolute atomic E-state index is 6.17. The quantitative estimate of drug-likeness (QED) is 0.805. The van der Waals surface area contributed by atoms with Crippen LogP contribution in [0.15, 0.2) is 24.3 Å². The van der Waals surface area contributed by atoms with Gasteiger partial charge in [-0.2, -0.15) is 0 Å². The van der Waals surface area contributed by atoms with Gasteiger partial charge in [-0.15, -0.1) is 0 Å². The predicted octanol–water partition coefficient (Wildman–Crippen LogP) is 2.67. The van der Waals surface area contributed by atoms with E-state index in [0.717, 1.165) is 13.0 Å². The lowest BCUT2D eigenvalue weighted by atomic mass is 9.94. The highest BCUT2D eigenvalue weighted by molar-refractivity contribution is 5.28. The van der Waals surface area contributed by atoms with Crippen LogP contribution in [0, 0.1) is 12.8 Å². The highest BCUT2D eigenvalue weighted by atomic mass is 16.5. The van der Waals surface area contributed by atoms with Gasteiger partial charge in [0, 0.05) is 19.8 Å². The largest absolute Gasteiger partial charge is 0.384 e. The minimum absolute atomic E-state index is 0.122. The Morgan fingerprint density at radius 1 is 1.33 bits per heavy atom. The normalized spacial score (nSPS) is 14.9.